The zero-order chi connectivity index (χ0) is 114. The lowest BCUT2D eigenvalue weighted by Crippen LogP contribution is -2.65. The minimum Gasteiger partial charge on any atom is -0.511 e. The number of pyridine rings is 2. The number of methoxy groups -OCH3 is 1. The van der Waals surface area contributed by atoms with Crippen LogP contribution in [-0.4, -0.2) is 256 Å². The van der Waals surface area contributed by atoms with Crippen molar-refractivity contribution < 1.29 is 103 Å². The second kappa shape index (κ2) is 69.5. The van der Waals surface area contributed by atoms with Gasteiger partial charge in [0.1, 0.15) is 48.1 Å². The van der Waals surface area contributed by atoms with Crippen molar-refractivity contribution in [3.8, 4) is 5.75 Å². The lowest BCUT2D eigenvalue weighted by Gasteiger charge is -2.44. The summed E-state index contributed by atoms with van der Waals surface area (Å²) in [6.45, 7) is 77.3. The van der Waals surface area contributed by atoms with Crippen molar-refractivity contribution >= 4 is 96.3 Å². The Morgan fingerprint density at radius 3 is 1.40 bits per heavy atom. The molecule has 0 saturated carbocycles. The number of Topliss-reactive ketones (excluding diaryl/α,β-unsaturated/α-hetero) is 3. The van der Waals surface area contributed by atoms with E-state index in [1.807, 2.05) is 152 Å². The highest BCUT2D eigenvalue weighted by Gasteiger charge is 2.46. The first-order valence-electron chi connectivity index (χ1n) is 48.6. The highest BCUT2D eigenvalue weighted by molar-refractivity contribution is 7.80. The van der Waals surface area contributed by atoms with Gasteiger partial charge in [0, 0.05) is 104 Å². The average molecular weight is 2090 g/mol. The summed E-state index contributed by atoms with van der Waals surface area (Å²) in [6.07, 6.45) is 11.2. The molecule has 0 spiro atoms. The number of aromatic nitrogens is 2. The van der Waals surface area contributed by atoms with Crippen LogP contribution in [0.25, 0.3) is 0 Å². The third-order valence-electron chi connectivity index (χ3n) is 19.7. The highest BCUT2D eigenvalue weighted by Crippen LogP contribution is 2.32. The van der Waals surface area contributed by atoms with E-state index in [4.69, 9.17) is 58.2 Å². The van der Waals surface area contributed by atoms with E-state index in [1.165, 1.54) is 58.1 Å². The number of allylic oxidation sites excluding steroid dienone is 3. The Bertz CT molecular complexity index is 4320. The maximum atomic E-state index is 11.8. The number of hydrogen-bond donors (Lipinski definition) is 20. The lowest BCUT2D eigenvalue weighted by atomic mass is 9.83. The molecule has 2 aromatic heterocycles. The minimum atomic E-state index is -1.19. The first-order valence-corrected chi connectivity index (χ1v) is 50.4. The molecule has 2 saturated heterocycles. The van der Waals surface area contributed by atoms with Gasteiger partial charge in [-0.15, -0.1) is 12.6 Å². The second-order valence-electron chi connectivity index (χ2n) is 46.6. The van der Waals surface area contributed by atoms with Crippen LogP contribution in [0.2, 0.25) is 0 Å². The number of benzene rings is 1. The monoisotopic (exact) mass is 2090 g/mol. The smallest absolute Gasteiger partial charge is 0.330 e. The Labute approximate surface area is 880 Å². The number of aromatic hydroxyl groups is 1. The van der Waals surface area contributed by atoms with Crippen LogP contribution in [0.3, 0.4) is 0 Å². The molecule has 5 rings (SSSR count). The predicted octanol–water partition coefficient (Wildman–Crippen LogP) is 14.4. The summed E-state index contributed by atoms with van der Waals surface area (Å²) in [4.78, 5) is 113. The van der Waals surface area contributed by atoms with E-state index in [0.29, 0.717) is 45.7 Å². The third kappa shape index (κ3) is 74.2. The molecule has 2 amide bonds. The Hall–Kier alpha value is -7.73. The molecule has 4 heterocycles. The predicted molar refractivity (Wildman–Crippen MR) is 592 cm³/mol. The van der Waals surface area contributed by atoms with Gasteiger partial charge in [-0.3, -0.25) is 53.3 Å². The van der Waals surface area contributed by atoms with Crippen molar-refractivity contribution in [2.24, 2.45) is 71.6 Å². The summed E-state index contributed by atoms with van der Waals surface area (Å²) in [6, 6.07) is 9.96. The van der Waals surface area contributed by atoms with E-state index < -0.39 is 84.0 Å². The number of carbonyl (C=O) groups excluding carboxylic acids is 9. The molecule has 830 valence electrons. The number of phenolic OH excluding ortho intramolecular Hbond substituents is 1. The molecule has 4 unspecified atom stereocenters. The van der Waals surface area contributed by atoms with Crippen LogP contribution >= 0.6 is 37.9 Å². The van der Waals surface area contributed by atoms with Gasteiger partial charge in [0.2, 0.25) is 5.91 Å². The number of nitrogens with one attached hydrogen (secondary N) is 4. The molecule has 0 bridgehead atoms. The van der Waals surface area contributed by atoms with Crippen LogP contribution in [0.4, 0.5) is 0 Å². The van der Waals surface area contributed by atoms with Gasteiger partial charge >= 0.3 is 5.97 Å². The molecular weight excluding hydrogens is 1900 g/mol. The van der Waals surface area contributed by atoms with Gasteiger partial charge in [0.05, 0.1) is 73.4 Å². The molecule has 33 nitrogen and oxygen atoms in total. The molecular formula is C108H194N12O21S3. The van der Waals surface area contributed by atoms with Crippen LogP contribution in [-0.2, 0) is 47.7 Å². The molecule has 2 aliphatic rings. The fourth-order valence-electron chi connectivity index (χ4n) is 11.4. The number of ether oxygens (including phenoxy) is 4. The van der Waals surface area contributed by atoms with Crippen LogP contribution in [0.1, 0.15) is 325 Å². The first-order chi connectivity index (χ1) is 65.0. The number of carbonyl (C=O) groups is 9. The Morgan fingerprint density at radius 2 is 1.04 bits per heavy atom. The number of esters is 1. The largest absolute Gasteiger partial charge is 0.511 e. The number of hydrogen-bond acceptors (Lipinski definition) is 32. The number of guanidine groups is 1. The maximum absolute atomic E-state index is 11.8. The molecule has 0 aliphatic carbocycles. The number of nitrogens with two attached hydrogens (primary N) is 5. The topological polar surface area (TPSA) is 569 Å². The van der Waals surface area contributed by atoms with Gasteiger partial charge in [-0.2, -0.15) is 25.3 Å². The van der Waals surface area contributed by atoms with Gasteiger partial charge in [-0.25, -0.2) is 4.79 Å². The minimum absolute atomic E-state index is 0.00238. The van der Waals surface area contributed by atoms with Crippen molar-refractivity contribution in [3.05, 3.63) is 133 Å². The normalized spacial score (nSPS) is 18.7. The van der Waals surface area contributed by atoms with Gasteiger partial charge < -0.3 is 110 Å². The number of aliphatic hydroxyl groups excluding tert-OH is 7. The summed E-state index contributed by atoms with van der Waals surface area (Å²) in [7, 11) is 1.27. The Kier molecular flexibility index (Phi) is 71.0. The summed E-state index contributed by atoms with van der Waals surface area (Å²) < 4.78 is 20.6. The number of phenols is 1. The van der Waals surface area contributed by atoms with Gasteiger partial charge in [0.15, 0.2) is 46.9 Å². The second-order valence-corrected chi connectivity index (χ2v) is 47.9. The summed E-state index contributed by atoms with van der Waals surface area (Å²) >= 11 is 12.4. The fourth-order valence-corrected chi connectivity index (χ4v) is 12.0. The van der Waals surface area contributed by atoms with E-state index in [9.17, 15) is 68.7 Å². The number of nitrogens with zero attached hydrogens (tertiary/aromatic N) is 3. The van der Waals surface area contributed by atoms with Gasteiger partial charge in [-0.05, 0) is 225 Å². The molecule has 2 aliphatic heterocycles. The van der Waals surface area contributed by atoms with Crippen LogP contribution in [0.5, 0.6) is 5.75 Å². The molecule has 36 heteroatoms. The molecule has 2 fully saturated rings. The summed E-state index contributed by atoms with van der Waals surface area (Å²) in [5.41, 5.74) is 27.9. The van der Waals surface area contributed by atoms with E-state index in [-0.39, 0.29) is 133 Å². The van der Waals surface area contributed by atoms with Crippen molar-refractivity contribution in [1.29, 1.82) is 0 Å². The van der Waals surface area contributed by atoms with Crippen molar-refractivity contribution in [1.82, 2.24) is 31.2 Å². The van der Waals surface area contributed by atoms with Crippen molar-refractivity contribution in [2.75, 3.05) is 44.9 Å². The molecule has 3 aromatic rings. The van der Waals surface area contributed by atoms with Crippen molar-refractivity contribution in [2.45, 2.75) is 401 Å². The number of unbranched alkanes of at least 4 members (excludes halogenated alkanes) is 1. The Balaban J connectivity index is -0.000000365. The highest BCUT2D eigenvalue weighted by atomic mass is 32.1. The zero-order valence-electron chi connectivity index (χ0n) is 94.2. The maximum Gasteiger partial charge on any atom is 0.330 e. The van der Waals surface area contributed by atoms with Gasteiger partial charge in [0.25, 0.3) is 5.91 Å². The SMILES string of the molecule is C=C(O)[C@@H](N)CCCCNC(C)(C)C.C=C([C@H](CS)NC(C)=O)C(C)(C)C.CC(=O)/C=C/C(=O)C(C)(C)C.CC(C)(C)C(=O)[C@@H](N)CCCN=C(N)N.CC(C)(C)C(=O)c1ccc(S)cc1O.CC(C)(C)C(=O)c1cccnc1.CC(C)(C)CCCS.CC(C)(C)NC(=O)c1cccnc1.CC(C)(C)O[C@H]1OC(CO)[C@@H](O)[C@H](O)C1N.COC(=O)/C=C/C(=O)C(C)(C)C.C[C@H]1OC(CO)[C@@H](O)[C@H](O)C1NC(C)(C)C. The lowest BCUT2D eigenvalue weighted by molar-refractivity contribution is -0.289. The van der Waals surface area contributed by atoms with Gasteiger partial charge in [-0.1, -0.05) is 165 Å². The van der Waals surface area contributed by atoms with Crippen molar-refractivity contribution in [3.63, 3.8) is 0 Å². The number of rotatable bonds is 27. The number of ketones is 6. The number of aliphatic hydroxyl groups is 7. The standard InChI is InChI=1S/C11H24N2O.C11H23NO4.C11H14O2S.C10H22N4O.C10H14N2O.C10H21NO5.C10H19NOS.C10H13NO.C9H14O3.C9H14O2.C7H16S/c1-9(14)10(12)7-5-6-8-13-11(2,3)4;1-6-8(12-11(2,3)4)10(15)9(14)7(5-13)16-6;1-11(2,3)10(13)8-5-4-7(14)6-9(8)12;1-10(2,3)8(15)7(11)5-4-6-14-9(12)13;1-10(2,3)12-9(13)8-5-4-6-11-7-8;1-10(2,3)16-9-6(11)8(14)7(13)5(4-12)15-9;1-7(10(3,4)5)9(6-13)11-8(2)12;1-10(2,3)9(12)8-5-4-6-11-7-8;1-9(2,3)7(10)5-6-8(11)12-4;1-7(10)5-6-8(11)9(2,3)4;1-7(2,3)5-4-6-8/h10,13-14H,1,5-8,12H2,2-4H3;6-10,12-15H,5H2,1-4H3;4-6,12,14H,1-3H3;7H,4-6,11H2,1-3H3,(H4,12,13,14);4-7H,1-3H3,(H,12,13);5-9,12-14H,4,11H2,1-3H3;9,13H,1,6H2,2-5H3,(H,11,12);4-7H,1-3H3;5-6H,1-4H3;5-6H,1-4H3;8H,4-6H2,1-3H3/b;;;;;;;;2*6-5+;/t10-;6-,7?,8?,9-,10-;;7-;;5?,6?,7-,8-,9-;9-;;;;/m01.0.10..../s1. The number of aliphatic imine (C=N–C) groups is 1. The molecule has 0 radical (unpaired) electrons. The Morgan fingerprint density at radius 1 is 0.576 bits per heavy atom. The molecule has 13 atom stereocenters. The van der Waals surface area contributed by atoms with Crippen LogP contribution in [0.15, 0.2) is 126 Å². The van der Waals surface area contributed by atoms with E-state index in [2.05, 4.69) is 154 Å². The van der Waals surface area contributed by atoms with Crippen LogP contribution in [0, 0.1) is 37.9 Å². The van der Waals surface area contributed by atoms with E-state index in [0.717, 1.165) is 49.6 Å². The molecule has 22 N–H and O–H groups in total. The van der Waals surface area contributed by atoms with Crippen LogP contribution < -0.4 is 49.9 Å². The summed E-state index contributed by atoms with van der Waals surface area (Å²) in [5, 5.41) is 87.7. The number of thiol groups is 3. The fraction of sp³-hybridized carbons (Fsp3) is 0.685. The molecule has 1 aromatic carbocycles. The zero-order valence-corrected chi connectivity index (χ0v) is 96.9. The number of amides is 2. The molecule has 144 heavy (non-hydrogen) atoms. The van der Waals surface area contributed by atoms with E-state index >= 15 is 0 Å². The third-order valence-corrected chi connectivity index (χ3v) is 20.7. The van der Waals surface area contributed by atoms with E-state index in [1.54, 1.807) is 82.0 Å². The average Bonchev–Trinajstić information content (AvgIpc) is 0.798. The quantitative estimate of drug-likeness (QED) is 0.00388. The first kappa shape index (κ1) is 147. The summed E-state index contributed by atoms with van der Waals surface area (Å²) in [5.74, 6) is 1.09.